The van der Waals surface area contributed by atoms with Crippen molar-refractivity contribution in [2.75, 3.05) is 13.2 Å². The SMILES string of the molecule is CC1(C)OCC(CNCc2ccncc2)O1. The summed E-state index contributed by atoms with van der Waals surface area (Å²) in [5, 5.41) is 3.35. The Balaban J connectivity index is 1.70. The van der Waals surface area contributed by atoms with Crippen LogP contribution in [0.3, 0.4) is 0 Å². The van der Waals surface area contributed by atoms with E-state index < -0.39 is 5.79 Å². The molecular formula is C12H18N2O2. The van der Waals surface area contributed by atoms with E-state index >= 15 is 0 Å². The highest BCUT2D eigenvalue weighted by Crippen LogP contribution is 2.21. The van der Waals surface area contributed by atoms with Crippen LogP contribution in [0.1, 0.15) is 19.4 Å². The second kappa shape index (κ2) is 4.91. The third-order valence-corrected chi connectivity index (χ3v) is 2.52. The fourth-order valence-electron chi connectivity index (χ4n) is 1.74. The Kier molecular flexibility index (Phi) is 3.53. The molecule has 4 nitrogen and oxygen atoms in total. The van der Waals surface area contributed by atoms with Gasteiger partial charge in [0, 0.05) is 25.5 Å². The van der Waals surface area contributed by atoms with Gasteiger partial charge >= 0.3 is 0 Å². The minimum atomic E-state index is -0.428. The Morgan fingerprint density at radius 2 is 2.19 bits per heavy atom. The smallest absolute Gasteiger partial charge is 0.163 e. The highest BCUT2D eigenvalue weighted by atomic mass is 16.7. The molecule has 1 N–H and O–H groups in total. The summed E-state index contributed by atoms with van der Waals surface area (Å²) in [6.07, 6.45) is 3.75. The minimum absolute atomic E-state index is 0.150. The van der Waals surface area contributed by atoms with E-state index in [-0.39, 0.29) is 6.10 Å². The molecule has 0 amide bonds. The predicted molar refractivity (Wildman–Crippen MR) is 60.8 cm³/mol. The lowest BCUT2D eigenvalue weighted by Gasteiger charge is -2.17. The maximum absolute atomic E-state index is 5.69. The van der Waals surface area contributed by atoms with Crippen molar-refractivity contribution in [2.24, 2.45) is 0 Å². The molecule has 1 unspecified atom stereocenters. The van der Waals surface area contributed by atoms with Crippen LogP contribution in [0.4, 0.5) is 0 Å². The first-order valence-electron chi connectivity index (χ1n) is 5.57. The van der Waals surface area contributed by atoms with Crippen molar-refractivity contribution >= 4 is 0 Å². The van der Waals surface area contributed by atoms with Gasteiger partial charge in [-0.05, 0) is 31.5 Å². The fraction of sp³-hybridized carbons (Fsp3) is 0.583. The zero-order chi connectivity index (χ0) is 11.4. The van der Waals surface area contributed by atoms with E-state index in [0.29, 0.717) is 6.61 Å². The molecule has 4 heteroatoms. The van der Waals surface area contributed by atoms with Crippen molar-refractivity contribution < 1.29 is 9.47 Å². The molecule has 1 fully saturated rings. The van der Waals surface area contributed by atoms with Crippen molar-refractivity contribution in [1.29, 1.82) is 0 Å². The van der Waals surface area contributed by atoms with Gasteiger partial charge in [0.15, 0.2) is 5.79 Å². The third kappa shape index (κ3) is 3.27. The molecular weight excluding hydrogens is 204 g/mol. The molecule has 16 heavy (non-hydrogen) atoms. The second-order valence-electron chi connectivity index (χ2n) is 4.44. The van der Waals surface area contributed by atoms with Crippen molar-refractivity contribution in [3.63, 3.8) is 0 Å². The molecule has 0 spiro atoms. The maximum Gasteiger partial charge on any atom is 0.163 e. The molecule has 2 heterocycles. The van der Waals surface area contributed by atoms with Gasteiger partial charge in [-0.15, -0.1) is 0 Å². The fourth-order valence-corrected chi connectivity index (χ4v) is 1.74. The lowest BCUT2D eigenvalue weighted by molar-refractivity contribution is -0.137. The first-order valence-corrected chi connectivity index (χ1v) is 5.57. The van der Waals surface area contributed by atoms with Gasteiger partial charge < -0.3 is 14.8 Å². The van der Waals surface area contributed by atoms with E-state index in [2.05, 4.69) is 10.3 Å². The minimum Gasteiger partial charge on any atom is -0.348 e. The van der Waals surface area contributed by atoms with Gasteiger partial charge in [0.1, 0.15) is 0 Å². The molecule has 0 aromatic carbocycles. The van der Waals surface area contributed by atoms with Crippen LogP contribution in [-0.4, -0.2) is 30.0 Å². The predicted octanol–water partition coefficient (Wildman–Crippen LogP) is 1.32. The van der Waals surface area contributed by atoms with Gasteiger partial charge in [0.05, 0.1) is 12.7 Å². The van der Waals surface area contributed by atoms with E-state index in [0.717, 1.165) is 13.1 Å². The van der Waals surface area contributed by atoms with Gasteiger partial charge in [-0.1, -0.05) is 0 Å². The van der Waals surface area contributed by atoms with Crippen LogP contribution in [0, 0.1) is 0 Å². The molecule has 1 aromatic heterocycles. The average molecular weight is 222 g/mol. The molecule has 1 atom stereocenters. The number of pyridine rings is 1. The first kappa shape index (κ1) is 11.5. The number of hydrogen-bond acceptors (Lipinski definition) is 4. The molecule has 1 saturated heterocycles. The van der Waals surface area contributed by atoms with Crippen LogP contribution in [0.2, 0.25) is 0 Å². The Bertz CT molecular complexity index is 327. The molecule has 2 rings (SSSR count). The number of nitrogens with zero attached hydrogens (tertiary/aromatic N) is 1. The van der Waals surface area contributed by atoms with E-state index in [1.54, 1.807) is 12.4 Å². The zero-order valence-corrected chi connectivity index (χ0v) is 9.77. The van der Waals surface area contributed by atoms with E-state index in [9.17, 15) is 0 Å². The summed E-state index contributed by atoms with van der Waals surface area (Å²) in [6.45, 7) is 6.19. The molecule has 0 radical (unpaired) electrons. The van der Waals surface area contributed by atoms with E-state index in [1.165, 1.54) is 5.56 Å². The second-order valence-corrected chi connectivity index (χ2v) is 4.44. The monoisotopic (exact) mass is 222 g/mol. The number of rotatable bonds is 4. The van der Waals surface area contributed by atoms with Crippen molar-refractivity contribution in [3.8, 4) is 0 Å². The topological polar surface area (TPSA) is 43.4 Å². The summed E-state index contributed by atoms with van der Waals surface area (Å²) >= 11 is 0. The Morgan fingerprint density at radius 1 is 1.44 bits per heavy atom. The van der Waals surface area contributed by atoms with E-state index in [4.69, 9.17) is 9.47 Å². The average Bonchev–Trinajstić information content (AvgIpc) is 2.60. The zero-order valence-electron chi connectivity index (χ0n) is 9.77. The highest BCUT2D eigenvalue weighted by molar-refractivity contribution is 5.08. The van der Waals surface area contributed by atoms with E-state index in [1.807, 2.05) is 26.0 Å². The summed E-state index contributed by atoms with van der Waals surface area (Å²) in [5.74, 6) is -0.428. The standard InChI is InChI=1S/C12H18N2O2/c1-12(2)15-9-11(16-12)8-14-7-10-3-5-13-6-4-10/h3-6,11,14H,7-9H2,1-2H3. The number of ether oxygens (including phenoxy) is 2. The summed E-state index contributed by atoms with van der Waals surface area (Å²) in [7, 11) is 0. The van der Waals surface area contributed by atoms with Gasteiger partial charge in [-0.3, -0.25) is 4.98 Å². The Morgan fingerprint density at radius 3 is 2.81 bits per heavy atom. The van der Waals surface area contributed by atoms with Gasteiger partial charge in [-0.25, -0.2) is 0 Å². The molecule has 1 aromatic rings. The van der Waals surface area contributed by atoms with Crippen LogP contribution < -0.4 is 5.32 Å². The summed E-state index contributed by atoms with van der Waals surface area (Å²) in [6, 6.07) is 4.01. The number of aromatic nitrogens is 1. The molecule has 0 aliphatic carbocycles. The van der Waals surface area contributed by atoms with Crippen LogP contribution in [-0.2, 0) is 16.0 Å². The van der Waals surface area contributed by atoms with Crippen molar-refractivity contribution in [3.05, 3.63) is 30.1 Å². The van der Waals surface area contributed by atoms with Gasteiger partial charge in [0.2, 0.25) is 0 Å². The number of hydrogen-bond donors (Lipinski definition) is 1. The molecule has 1 aliphatic heterocycles. The van der Waals surface area contributed by atoms with Gasteiger partial charge in [-0.2, -0.15) is 0 Å². The normalized spacial score (nSPS) is 23.5. The number of nitrogens with one attached hydrogen (secondary N) is 1. The van der Waals surface area contributed by atoms with Gasteiger partial charge in [0.25, 0.3) is 0 Å². The largest absolute Gasteiger partial charge is 0.348 e. The first-order chi connectivity index (χ1) is 7.66. The highest BCUT2D eigenvalue weighted by Gasteiger charge is 2.32. The molecule has 88 valence electrons. The maximum atomic E-state index is 5.69. The van der Waals surface area contributed by atoms with Crippen molar-refractivity contribution in [1.82, 2.24) is 10.3 Å². The summed E-state index contributed by atoms with van der Waals surface area (Å²) < 4.78 is 11.2. The van der Waals surface area contributed by atoms with Crippen LogP contribution >= 0.6 is 0 Å². The summed E-state index contributed by atoms with van der Waals surface area (Å²) in [4.78, 5) is 3.98. The molecule has 0 bridgehead atoms. The van der Waals surface area contributed by atoms with Crippen LogP contribution in [0.15, 0.2) is 24.5 Å². The van der Waals surface area contributed by atoms with Crippen LogP contribution in [0.25, 0.3) is 0 Å². The lowest BCUT2D eigenvalue weighted by Crippen LogP contribution is -2.30. The van der Waals surface area contributed by atoms with Crippen molar-refractivity contribution in [2.45, 2.75) is 32.3 Å². The Hall–Kier alpha value is -0.970. The quantitative estimate of drug-likeness (QED) is 0.834. The van der Waals surface area contributed by atoms with Crippen LogP contribution in [0.5, 0.6) is 0 Å². The Labute approximate surface area is 96.0 Å². The molecule has 1 aliphatic rings. The molecule has 0 saturated carbocycles. The summed E-state index contributed by atoms with van der Waals surface area (Å²) in [5.41, 5.74) is 1.23. The lowest BCUT2D eigenvalue weighted by atomic mass is 10.2. The third-order valence-electron chi connectivity index (χ3n) is 2.52.